The molecule has 12 heteroatoms. The van der Waals surface area contributed by atoms with E-state index in [1.807, 2.05) is 38.3 Å². The summed E-state index contributed by atoms with van der Waals surface area (Å²) in [6, 6.07) is 3.20. The molecular formula is C25H39N7O4S. The second-order valence-corrected chi connectivity index (χ2v) is 9.31. The monoisotopic (exact) mass is 533 g/mol. The van der Waals surface area contributed by atoms with Crippen molar-refractivity contribution in [2.75, 3.05) is 50.2 Å². The summed E-state index contributed by atoms with van der Waals surface area (Å²) in [5, 5.41) is 7.45. The molecule has 6 N–H and O–H groups in total. The topological polar surface area (TPSA) is 166 Å². The molecule has 1 atom stereocenters. The largest absolute Gasteiger partial charge is 0.491 e. The van der Waals surface area contributed by atoms with Gasteiger partial charge >= 0.3 is 6.09 Å². The van der Waals surface area contributed by atoms with Gasteiger partial charge in [-0.05, 0) is 57.7 Å². The minimum atomic E-state index is -0.594. The molecular weight excluding hydrogens is 494 g/mol. The lowest BCUT2D eigenvalue weighted by atomic mass is 10.1. The number of carbonyl (C=O) groups is 2. The van der Waals surface area contributed by atoms with Gasteiger partial charge in [-0.1, -0.05) is 22.8 Å². The Kier molecular flexibility index (Phi) is 15.9. The predicted octanol–water partition coefficient (Wildman–Crippen LogP) is 3.31. The van der Waals surface area contributed by atoms with Crippen molar-refractivity contribution in [1.29, 1.82) is 0 Å². The molecule has 0 radical (unpaired) electrons. The van der Waals surface area contributed by atoms with Crippen LogP contribution in [-0.2, 0) is 15.4 Å². The number of nitrogens with one attached hydrogen (secondary N) is 2. The quantitative estimate of drug-likeness (QED) is 0.109. The van der Waals surface area contributed by atoms with Crippen LogP contribution in [0, 0.1) is 0 Å². The maximum absolute atomic E-state index is 12.0. The first-order chi connectivity index (χ1) is 17.8. The number of nitrogens with two attached hydrogens (primary N) is 2. The molecule has 2 amide bonds. The molecule has 1 unspecified atom stereocenters. The maximum atomic E-state index is 12.0. The zero-order valence-electron chi connectivity index (χ0n) is 22.0. The van der Waals surface area contributed by atoms with Crippen LogP contribution in [0.3, 0.4) is 0 Å². The molecule has 204 valence electrons. The van der Waals surface area contributed by atoms with Crippen LogP contribution in [-0.4, -0.2) is 68.8 Å². The smallest absolute Gasteiger partial charge is 0.439 e. The number of allylic oxidation sites excluding steroid dienone is 2. The first kappa shape index (κ1) is 31.5. The van der Waals surface area contributed by atoms with E-state index in [1.165, 1.54) is 0 Å². The van der Waals surface area contributed by atoms with E-state index in [4.69, 9.17) is 20.9 Å². The molecule has 11 nitrogen and oxygen atoms in total. The number of ether oxygens (including phenoxy) is 2. The molecule has 0 fully saturated rings. The zero-order chi connectivity index (χ0) is 27.5. The van der Waals surface area contributed by atoms with Crippen LogP contribution in [0.1, 0.15) is 37.6 Å². The highest BCUT2D eigenvalue weighted by atomic mass is 32.2. The molecule has 1 aromatic carbocycles. The summed E-state index contributed by atoms with van der Waals surface area (Å²) in [5.74, 6) is 0.500. The SMILES string of the molecule is CCN/N=C(C)\C=C\C=Nc1cc(C(N)=O)cc(OCCCS(C)=NC(=O)OCC)c1NC/C=C/CN. The fourth-order valence-corrected chi connectivity index (χ4v) is 3.73. The summed E-state index contributed by atoms with van der Waals surface area (Å²) in [5.41, 5.74) is 16.2. The fourth-order valence-electron chi connectivity index (χ4n) is 2.80. The van der Waals surface area contributed by atoms with Crippen LogP contribution in [0.5, 0.6) is 5.75 Å². The van der Waals surface area contributed by atoms with Gasteiger partial charge in [0.1, 0.15) is 11.4 Å². The number of amides is 2. The average Bonchev–Trinajstić information content (AvgIpc) is 2.86. The lowest BCUT2D eigenvalue weighted by Gasteiger charge is -2.16. The summed E-state index contributed by atoms with van der Waals surface area (Å²) in [4.78, 5) is 28.0. The highest BCUT2D eigenvalue weighted by Crippen LogP contribution is 2.36. The van der Waals surface area contributed by atoms with E-state index in [9.17, 15) is 9.59 Å². The molecule has 1 rings (SSSR count). The molecule has 0 aliphatic heterocycles. The van der Waals surface area contributed by atoms with E-state index in [-0.39, 0.29) is 5.56 Å². The Morgan fingerprint density at radius 1 is 1.22 bits per heavy atom. The molecule has 0 aromatic heterocycles. The Morgan fingerprint density at radius 2 is 2.00 bits per heavy atom. The number of carbonyl (C=O) groups excluding carboxylic acids is 2. The van der Waals surface area contributed by atoms with Gasteiger partial charge in [-0.3, -0.25) is 9.79 Å². The first-order valence-corrected chi connectivity index (χ1v) is 13.8. The van der Waals surface area contributed by atoms with Crippen molar-refractivity contribution in [2.45, 2.75) is 27.2 Å². The van der Waals surface area contributed by atoms with Gasteiger partial charge in [0.2, 0.25) is 5.91 Å². The van der Waals surface area contributed by atoms with E-state index in [1.54, 1.807) is 31.3 Å². The summed E-state index contributed by atoms with van der Waals surface area (Å²) >= 11 is 0. The second-order valence-electron chi connectivity index (χ2n) is 7.52. The number of primary amides is 1. The standard InChI is InChI=1S/C25H39N7O4S/c1-5-30-31-19(3)11-9-14-28-21-17-20(24(27)33)18-22(23(21)29-13-8-7-12-26)36-15-10-16-37(4)32-25(34)35-6-2/h7-9,11,14,17-18,29-30H,5-6,10,12-13,15-16,26H2,1-4H3,(H2,27,33)/b8-7+,11-9+,28-14?,31-19-. The van der Waals surface area contributed by atoms with Crippen molar-refractivity contribution in [2.24, 2.45) is 25.9 Å². The van der Waals surface area contributed by atoms with Crippen molar-refractivity contribution in [1.82, 2.24) is 5.43 Å². The van der Waals surface area contributed by atoms with Crippen molar-refractivity contribution < 1.29 is 19.1 Å². The third-order valence-electron chi connectivity index (χ3n) is 4.46. The summed E-state index contributed by atoms with van der Waals surface area (Å²) in [7, 11) is -0.485. The van der Waals surface area contributed by atoms with Crippen molar-refractivity contribution >= 4 is 46.0 Å². The molecule has 0 bridgehead atoms. The lowest BCUT2D eigenvalue weighted by molar-refractivity contribution is 0.0999. The van der Waals surface area contributed by atoms with E-state index >= 15 is 0 Å². The van der Waals surface area contributed by atoms with Crippen LogP contribution >= 0.6 is 0 Å². The number of hydrogen-bond acceptors (Lipinski definition) is 9. The van der Waals surface area contributed by atoms with E-state index in [0.29, 0.717) is 55.6 Å². The summed E-state index contributed by atoms with van der Waals surface area (Å²) in [6.07, 6.45) is 10.8. The van der Waals surface area contributed by atoms with Gasteiger partial charge in [-0.25, -0.2) is 4.79 Å². The fraction of sp³-hybridized carbons (Fsp3) is 0.440. The molecule has 0 saturated carbocycles. The Morgan fingerprint density at radius 3 is 2.68 bits per heavy atom. The molecule has 0 aliphatic carbocycles. The van der Waals surface area contributed by atoms with Gasteiger partial charge in [0, 0.05) is 37.2 Å². The van der Waals surface area contributed by atoms with Gasteiger partial charge in [-0.2, -0.15) is 9.46 Å². The van der Waals surface area contributed by atoms with Crippen molar-refractivity contribution in [3.8, 4) is 5.75 Å². The molecule has 0 saturated heterocycles. The van der Waals surface area contributed by atoms with Crippen LogP contribution in [0.4, 0.5) is 16.2 Å². The molecule has 1 aromatic rings. The molecule has 37 heavy (non-hydrogen) atoms. The lowest BCUT2D eigenvalue weighted by Crippen LogP contribution is -2.13. The van der Waals surface area contributed by atoms with Crippen LogP contribution in [0.25, 0.3) is 0 Å². The van der Waals surface area contributed by atoms with E-state index < -0.39 is 22.7 Å². The van der Waals surface area contributed by atoms with E-state index in [0.717, 1.165) is 12.3 Å². The minimum absolute atomic E-state index is 0.270. The Balaban J connectivity index is 3.14. The van der Waals surface area contributed by atoms with Gasteiger partial charge in [0.15, 0.2) is 0 Å². The number of nitrogens with zero attached hydrogens (tertiary/aromatic N) is 3. The van der Waals surface area contributed by atoms with Crippen LogP contribution in [0.2, 0.25) is 0 Å². The minimum Gasteiger partial charge on any atom is -0.491 e. The Hall–Kier alpha value is -3.51. The number of benzene rings is 1. The van der Waals surface area contributed by atoms with Gasteiger partial charge in [0.05, 0.1) is 24.6 Å². The number of rotatable bonds is 16. The molecule has 0 spiro atoms. The van der Waals surface area contributed by atoms with Gasteiger partial charge in [-0.15, -0.1) is 0 Å². The zero-order valence-corrected chi connectivity index (χ0v) is 22.8. The van der Waals surface area contributed by atoms with Gasteiger partial charge < -0.3 is 31.7 Å². The number of hydrazone groups is 1. The third-order valence-corrected chi connectivity index (χ3v) is 5.80. The molecule has 0 heterocycles. The van der Waals surface area contributed by atoms with E-state index in [2.05, 4.69) is 25.2 Å². The highest BCUT2D eigenvalue weighted by Gasteiger charge is 2.14. The Labute approximate surface area is 221 Å². The molecule has 0 aliphatic rings. The second kappa shape index (κ2) is 18.7. The highest BCUT2D eigenvalue weighted by molar-refractivity contribution is 7.86. The normalized spacial score (nSPS) is 12.9. The van der Waals surface area contributed by atoms with Crippen LogP contribution in [0.15, 0.2) is 50.9 Å². The van der Waals surface area contributed by atoms with Gasteiger partial charge in [0.25, 0.3) is 0 Å². The number of anilines is 1. The van der Waals surface area contributed by atoms with Crippen molar-refractivity contribution in [3.05, 3.63) is 42.0 Å². The Bertz CT molecular complexity index is 1040. The summed E-state index contributed by atoms with van der Waals surface area (Å²) < 4.78 is 14.9. The average molecular weight is 534 g/mol. The predicted molar refractivity (Wildman–Crippen MR) is 153 cm³/mol. The maximum Gasteiger partial charge on any atom is 0.439 e. The van der Waals surface area contributed by atoms with Crippen molar-refractivity contribution in [3.63, 3.8) is 0 Å². The first-order valence-electron chi connectivity index (χ1n) is 12.0. The number of hydrogen-bond donors (Lipinski definition) is 4. The number of aliphatic imine (C=N–C) groups is 1. The third kappa shape index (κ3) is 13.4. The summed E-state index contributed by atoms with van der Waals surface area (Å²) in [6.45, 7) is 7.83. The van der Waals surface area contributed by atoms with Crippen LogP contribution < -0.4 is 26.9 Å².